The van der Waals surface area contributed by atoms with Crippen molar-refractivity contribution < 1.29 is 8.78 Å². The van der Waals surface area contributed by atoms with Crippen LogP contribution in [-0.2, 0) is 0 Å². The second-order valence-electron chi connectivity index (χ2n) is 4.22. The lowest BCUT2D eigenvalue weighted by molar-refractivity contribution is 0.506. The molecule has 100 valence electrons. The van der Waals surface area contributed by atoms with E-state index in [1.165, 1.54) is 0 Å². The fourth-order valence-electron chi connectivity index (χ4n) is 1.90. The number of nitrogens with two attached hydrogens (primary N) is 1. The Bertz CT molecular complexity index is 629. The van der Waals surface area contributed by atoms with Gasteiger partial charge in [0.1, 0.15) is 0 Å². The van der Waals surface area contributed by atoms with Gasteiger partial charge in [-0.15, -0.1) is 0 Å². The SMILES string of the molecule is Cc1c(Cl)cccc1C(N)c1cc(F)c(F)cc1Cl. The highest BCUT2D eigenvalue weighted by Gasteiger charge is 2.18. The molecule has 0 radical (unpaired) electrons. The monoisotopic (exact) mass is 301 g/mol. The average molecular weight is 302 g/mol. The van der Waals surface area contributed by atoms with E-state index in [1.54, 1.807) is 18.2 Å². The molecule has 1 unspecified atom stereocenters. The summed E-state index contributed by atoms with van der Waals surface area (Å²) in [7, 11) is 0. The van der Waals surface area contributed by atoms with Crippen LogP contribution in [0.2, 0.25) is 10.0 Å². The van der Waals surface area contributed by atoms with Gasteiger partial charge in [-0.25, -0.2) is 8.78 Å². The number of hydrogen-bond donors (Lipinski definition) is 1. The van der Waals surface area contributed by atoms with E-state index in [0.29, 0.717) is 10.6 Å². The third-order valence-electron chi connectivity index (χ3n) is 3.02. The van der Waals surface area contributed by atoms with Crippen molar-refractivity contribution >= 4 is 23.2 Å². The first-order valence-corrected chi connectivity index (χ1v) is 6.32. The van der Waals surface area contributed by atoms with Gasteiger partial charge in [0.05, 0.1) is 6.04 Å². The molecule has 0 spiro atoms. The summed E-state index contributed by atoms with van der Waals surface area (Å²) in [6.07, 6.45) is 0. The Hall–Kier alpha value is -1.16. The van der Waals surface area contributed by atoms with E-state index in [0.717, 1.165) is 23.3 Å². The highest BCUT2D eigenvalue weighted by molar-refractivity contribution is 6.32. The zero-order valence-electron chi connectivity index (χ0n) is 10.1. The minimum Gasteiger partial charge on any atom is -0.320 e. The minimum atomic E-state index is -0.997. The Kier molecular flexibility index (Phi) is 4.09. The second-order valence-corrected chi connectivity index (χ2v) is 5.03. The molecule has 0 aliphatic rings. The van der Waals surface area contributed by atoms with Gasteiger partial charge in [-0.2, -0.15) is 0 Å². The number of benzene rings is 2. The van der Waals surface area contributed by atoms with E-state index >= 15 is 0 Å². The lowest BCUT2D eigenvalue weighted by Gasteiger charge is -2.17. The molecular weight excluding hydrogens is 291 g/mol. The summed E-state index contributed by atoms with van der Waals surface area (Å²) in [4.78, 5) is 0. The Labute approximate surface area is 119 Å². The van der Waals surface area contributed by atoms with E-state index in [2.05, 4.69) is 0 Å². The quantitative estimate of drug-likeness (QED) is 0.804. The summed E-state index contributed by atoms with van der Waals surface area (Å²) in [6, 6.07) is 6.54. The Balaban J connectivity index is 2.53. The first-order chi connectivity index (χ1) is 8.91. The van der Waals surface area contributed by atoms with E-state index in [-0.39, 0.29) is 5.02 Å². The van der Waals surface area contributed by atoms with Gasteiger partial charge in [-0.1, -0.05) is 35.3 Å². The first kappa shape index (κ1) is 14.3. The number of hydrogen-bond acceptors (Lipinski definition) is 1. The molecule has 0 saturated carbocycles. The Morgan fingerprint density at radius 1 is 1.00 bits per heavy atom. The van der Waals surface area contributed by atoms with Crippen molar-refractivity contribution in [2.24, 2.45) is 5.73 Å². The van der Waals surface area contributed by atoms with Gasteiger partial charge in [0.2, 0.25) is 0 Å². The zero-order valence-corrected chi connectivity index (χ0v) is 11.6. The highest BCUT2D eigenvalue weighted by Crippen LogP contribution is 2.32. The molecule has 0 aliphatic carbocycles. The van der Waals surface area contributed by atoms with Crippen LogP contribution in [-0.4, -0.2) is 0 Å². The Morgan fingerprint density at radius 3 is 2.32 bits per heavy atom. The molecule has 0 bridgehead atoms. The van der Waals surface area contributed by atoms with Crippen LogP contribution in [0.3, 0.4) is 0 Å². The van der Waals surface area contributed by atoms with Crippen LogP contribution in [0.5, 0.6) is 0 Å². The molecule has 0 fully saturated rings. The lowest BCUT2D eigenvalue weighted by Crippen LogP contribution is -2.14. The van der Waals surface area contributed by atoms with Crippen molar-refractivity contribution in [2.45, 2.75) is 13.0 Å². The molecule has 5 heteroatoms. The maximum Gasteiger partial charge on any atom is 0.160 e. The summed E-state index contributed by atoms with van der Waals surface area (Å²) < 4.78 is 26.3. The van der Waals surface area contributed by atoms with Gasteiger partial charge >= 0.3 is 0 Å². The number of rotatable bonds is 2. The van der Waals surface area contributed by atoms with Gasteiger partial charge in [0, 0.05) is 10.0 Å². The molecule has 2 aromatic rings. The molecule has 0 heterocycles. The molecular formula is C14H11Cl2F2N. The highest BCUT2D eigenvalue weighted by atomic mass is 35.5. The van der Waals surface area contributed by atoms with Crippen LogP contribution in [0.25, 0.3) is 0 Å². The summed E-state index contributed by atoms with van der Waals surface area (Å²) in [6.45, 7) is 1.81. The molecule has 2 rings (SSSR count). The topological polar surface area (TPSA) is 26.0 Å². The maximum absolute atomic E-state index is 13.3. The van der Waals surface area contributed by atoms with Crippen molar-refractivity contribution in [3.05, 3.63) is 68.7 Å². The van der Waals surface area contributed by atoms with Crippen molar-refractivity contribution in [1.29, 1.82) is 0 Å². The van der Waals surface area contributed by atoms with Crippen LogP contribution >= 0.6 is 23.2 Å². The van der Waals surface area contributed by atoms with E-state index in [1.807, 2.05) is 6.92 Å². The fraction of sp³-hybridized carbons (Fsp3) is 0.143. The summed E-state index contributed by atoms with van der Waals surface area (Å²) in [5.41, 5.74) is 7.91. The van der Waals surface area contributed by atoms with Crippen molar-refractivity contribution in [3.8, 4) is 0 Å². The van der Waals surface area contributed by atoms with Crippen molar-refractivity contribution in [2.75, 3.05) is 0 Å². The minimum absolute atomic E-state index is 0.0887. The third-order valence-corrected chi connectivity index (χ3v) is 3.76. The summed E-state index contributed by atoms with van der Waals surface area (Å²) in [5.74, 6) is -1.97. The molecule has 2 aromatic carbocycles. The van der Waals surface area contributed by atoms with Gasteiger partial charge < -0.3 is 5.73 Å². The molecule has 2 N–H and O–H groups in total. The predicted octanol–water partition coefficient (Wildman–Crippen LogP) is 4.63. The molecule has 19 heavy (non-hydrogen) atoms. The third kappa shape index (κ3) is 2.73. The summed E-state index contributed by atoms with van der Waals surface area (Å²) >= 11 is 11.9. The van der Waals surface area contributed by atoms with Gasteiger partial charge in [0.15, 0.2) is 11.6 Å². The largest absolute Gasteiger partial charge is 0.320 e. The van der Waals surface area contributed by atoms with E-state index in [9.17, 15) is 8.78 Å². The van der Waals surface area contributed by atoms with Crippen LogP contribution < -0.4 is 5.73 Å². The van der Waals surface area contributed by atoms with Crippen molar-refractivity contribution in [1.82, 2.24) is 0 Å². The summed E-state index contributed by atoms with van der Waals surface area (Å²) in [5, 5.41) is 0.650. The van der Waals surface area contributed by atoms with E-state index in [4.69, 9.17) is 28.9 Å². The van der Waals surface area contributed by atoms with E-state index < -0.39 is 17.7 Å². The van der Waals surface area contributed by atoms with Gasteiger partial charge in [-0.3, -0.25) is 0 Å². The molecule has 1 atom stereocenters. The van der Waals surface area contributed by atoms with Crippen molar-refractivity contribution in [3.63, 3.8) is 0 Å². The molecule has 0 saturated heterocycles. The first-order valence-electron chi connectivity index (χ1n) is 5.57. The van der Waals surface area contributed by atoms with Gasteiger partial charge in [-0.05, 0) is 41.8 Å². The molecule has 1 nitrogen and oxygen atoms in total. The zero-order chi connectivity index (χ0) is 14.2. The smallest absolute Gasteiger partial charge is 0.160 e. The normalized spacial score (nSPS) is 12.5. The number of halogens is 4. The van der Waals surface area contributed by atoms with Crippen LogP contribution in [0, 0.1) is 18.6 Å². The fourth-order valence-corrected chi connectivity index (χ4v) is 2.35. The molecule has 0 aliphatic heterocycles. The van der Waals surface area contributed by atoms with Crippen LogP contribution in [0.15, 0.2) is 30.3 Å². The van der Waals surface area contributed by atoms with Crippen LogP contribution in [0.4, 0.5) is 8.78 Å². The average Bonchev–Trinajstić information content (AvgIpc) is 2.36. The Morgan fingerprint density at radius 2 is 1.63 bits per heavy atom. The second kappa shape index (κ2) is 5.45. The molecule has 0 amide bonds. The standard InChI is InChI=1S/C14H11Cl2F2N/c1-7-8(3-2-4-10(7)15)14(19)9-5-12(17)13(18)6-11(9)16/h2-6,14H,19H2,1H3. The predicted molar refractivity (Wildman–Crippen MR) is 73.6 cm³/mol. The van der Waals surface area contributed by atoms with Gasteiger partial charge in [0.25, 0.3) is 0 Å². The van der Waals surface area contributed by atoms with Crippen LogP contribution in [0.1, 0.15) is 22.7 Å². The lowest BCUT2D eigenvalue weighted by atomic mass is 9.95. The maximum atomic E-state index is 13.3. The molecule has 0 aromatic heterocycles.